The SMILES string of the molecule is O=C1OC2(CCC2)C(O)=C1c1cccc(F)c1. The summed E-state index contributed by atoms with van der Waals surface area (Å²) in [5, 5.41) is 10.1. The lowest BCUT2D eigenvalue weighted by Crippen LogP contribution is -2.39. The molecule has 0 radical (unpaired) electrons. The molecule has 0 aromatic heterocycles. The Bertz CT molecular complexity index is 529. The van der Waals surface area contributed by atoms with Crippen LogP contribution in [-0.2, 0) is 9.53 Å². The van der Waals surface area contributed by atoms with Crippen LogP contribution in [0.3, 0.4) is 0 Å². The molecule has 0 atom stereocenters. The maximum Gasteiger partial charge on any atom is 0.343 e. The first-order chi connectivity index (χ1) is 8.12. The fourth-order valence-corrected chi connectivity index (χ4v) is 2.34. The Morgan fingerprint density at radius 1 is 1.35 bits per heavy atom. The van der Waals surface area contributed by atoms with Crippen molar-refractivity contribution >= 4 is 11.5 Å². The highest BCUT2D eigenvalue weighted by atomic mass is 19.1. The molecule has 1 fully saturated rings. The molecule has 3 rings (SSSR count). The second kappa shape index (κ2) is 3.32. The number of benzene rings is 1. The highest BCUT2D eigenvalue weighted by Gasteiger charge is 2.52. The van der Waals surface area contributed by atoms with Crippen molar-refractivity contribution in [2.24, 2.45) is 0 Å². The summed E-state index contributed by atoms with van der Waals surface area (Å²) in [6.45, 7) is 0. The Kier molecular flexibility index (Phi) is 2.02. The van der Waals surface area contributed by atoms with Gasteiger partial charge in [-0.2, -0.15) is 0 Å². The molecule has 1 aliphatic heterocycles. The third-order valence-electron chi connectivity index (χ3n) is 3.44. The number of carbonyl (C=O) groups is 1. The van der Waals surface area contributed by atoms with E-state index in [1.807, 2.05) is 0 Å². The van der Waals surface area contributed by atoms with Gasteiger partial charge in [-0.3, -0.25) is 0 Å². The van der Waals surface area contributed by atoms with Gasteiger partial charge in [0.05, 0.1) is 0 Å². The van der Waals surface area contributed by atoms with E-state index in [4.69, 9.17) is 4.74 Å². The van der Waals surface area contributed by atoms with Crippen molar-refractivity contribution < 1.29 is 19.0 Å². The summed E-state index contributed by atoms with van der Waals surface area (Å²) in [5.74, 6) is -1.04. The van der Waals surface area contributed by atoms with Gasteiger partial charge in [-0.15, -0.1) is 0 Å². The van der Waals surface area contributed by atoms with E-state index in [2.05, 4.69) is 0 Å². The van der Waals surface area contributed by atoms with Crippen LogP contribution in [0.2, 0.25) is 0 Å². The molecule has 1 aliphatic carbocycles. The average molecular weight is 234 g/mol. The summed E-state index contributed by atoms with van der Waals surface area (Å²) < 4.78 is 18.3. The third-order valence-corrected chi connectivity index (χ3v) is 3.44. The van der Waals surface area contributed by atoms with Crippen LogP contribution in [0.25, 0.3) is 5.57 Å². The highest BCUT2D eigenvalue weighted by Crippen LogP contribution is 2.48. The summed E-state index contributed by atoms with van der Waals surface area (Å²) in [6, 6.07) is 5.61. The van der Waals surface area contributed by atoms with Crippen molar-refractivity contribution in [1.29, 1.82) is 0 Å². The number of halogens is 1. The first kappa shape index (κ1) is 10.3. The zero-order valence-electron chi connectivity index (χ0n) is 9.07. The predicted molar refractivity (Wildman–Crippen MR) is 58.6 cm³/mol. The topological polar surface area (TPSA) is 46.5 Å². The van der Waals surface area contributed by atoms with Gasteiger partial charge >= 0.3 is 5.97 Å². The summed E-state index contributed by atoms with van der Waals surface area (Å²) in [5.41, 5.74) is -0.348. The van der Waals surface area contributed by atoms with Crippen LogP contribution in [0, 0.1) is 5.82 Å². The average Bonchev–Trinajstić information content (AvgIpc) is 2.50. The summed E-state index contributed by atoms with van der Waals surface area (Å²) in [7, 11) is 0. The molecule has 17 heavy (non-hydrogen) atoms. The van der Waals surface area contributed by atoms with Crippen molar-refractivity contribution in [2.75, 3.05) is 0 Å². The lowest BCUT2D eigenvalue weighted by atomic mass is 9.78. The predicted octanol–water partition coefficient (Wildman–Crippen LogP) is 2.57. The molecule has 0 bridgehead atoms. The Morgan fingerprint density at radius 3 is 2.65 bits per heavy atom. The van der Waals surface area contributed by atoms with Crippen LogP contribution < -0.4 is 0 Å². The van der Waals surface area contributed by atoms with E-state index in [-0.39, 0.29) is 11.3 Å². The molecule has 1 aromatic carbocycles. The Hall–Kier alpha value is -1.84. The van der Waals surface area contributed by atoms with Gasteiger partial charge < -0.3 is 9.84 Å². The largest absolute Gasteiger partial charge is 0.507 e. The number of esters is 1. The Morgan fingerprint density at radius 2 is 2.12 bits per heavy atom. The fraction of sp³-hybridized carbons (Fsp3) is 0.308. The third kappa shape index (κ3) is 1.37. The standard InChI is InChI=1S/C13H11FO3/c14-9-4-1-3-8(7-9)10-11(15)13(5-2-6-13)17-12(10)16/h1,3-4,7,15H,2,5-6H2. The number of hydrogen-bond acceptors (Lipinski definition) is 3. The number of ether oxygens (including phenoxy) is 1. The van der Waals surface area contributed by atoms with Crippen molar-refractivity contribution in [3.05, 3.63) is 41.4 Å². The van der Waals surface area contributed by atoms with Crippen molar-refractivity contribution in [3.8, 4) is 0 Å². The van der Waals surface area contributed by atoms with Gasteiger partial charge in [-0.1, -0.05) is 12.1 Å². The van der Waals surface area contributed by atoms with E-state index >= 15 is 0 Å². The fourth-order valence-electron chi connectivity index (χ4n) is 2.34. The molecule has 3 nitrogen and oxygen atoms in total. The first-order valence-corrected chi connectivity index (χ1v) is 5.55. The summed E-state index contributed by atoms with van der Waals surface area (Å²) in [4.78, 5) is 11.7. The molecular weight excluding hydrogens is 223 g/mol. The van der Waals surface area contributed by atoms with E-state index in [0.717, 1.165) is 6.42 Å². The van der Waals surface area contributed by atoms with Crippen molar-refractivity contribution in [3.63, 3.8) is 0 Å². The smallest absolute Gasteiger partial charge is 0.343 e. The Labute approximate surface area is 97.5 Å². The molecule has 0 amide bonds. The van der Waals surface area contributed by atoms with E-state index < -0.39 is 17.4 Å². The molecule has 1 N–H and O–H groups in total. The highest BCUT2D eigenvalue weighted by molar-refractivity contribution is 6.19. The van der Waals surface area contributed by atoms with Crippen LogP contribution in [-0.4, -0.2) is 16.7 Å². The van der Waals surface area contributed by atoms with E-state index in [9.17, 15) is 14.3 Å². The summed E-state index contributed by atoms with van der Waals surface area (Å²) >= 11 is 0. The molecule has 1 heterocycles. The maximum atomic E-state index is 13.1. The van der Waals surface area contributed by atoms with Gasteiger partial charge in [0.1, 0.15) is 11.4 Å². The normalized spacial score (nSPS) is 21.6. The molecule has 88 valence electrons. The molecule has 2 aliphatic rings. The zero-order valence-corrected chi connectivity index (χ0v) is 9.07. The lowest BCUT2D eigenvalue weighted by molar-refractivity contribution is -0.154. The number of aliphatic hydroxyl groups excluding tert-OH is 1. The van der Waals surface area contributed by atoms with Crippen molar-refractivity contribution in [1.82, 2.24) is 0 Å². The molecule has 0 saturated heterocycles. The number of rotatable bonds is 1. The quantitative estimate of drug-likeness (QED) is 0.759. The second-order valence-electron chi connectivity index (χ2n) is 4.47. The first-order valence-electron chi connectivity index (χ1n) is 5.55. The maximum absolute atomic E-state index is 13.1. The zero-order chi connectivity index (χ0) is 12.0. The minimum atomic E-state index is -0.821. The molecule has 1 aromatic rings. The van der Waals surface area contributed by atoms with Gasteiger partial charge in [0, 0.05) is 0 Å². The Balaban J connectivity index is 2.10. The number of hydrogen-bond donors (Lipinski definition) is 1. The van der Waals surface area contributed by atoms with Gasteiger partial charge in [0.15, 0.2) is 11.4 Å². The van der Waals surface area contributed by atoms with E-state index in [0.29, 0.717) is 18.4 Å². The number of carbonyl (C=O) groups excluding carboxylic acids is 1. The molecule has 1 spiro atoms. The van der Waals surface area contributed by atoms with Gasteiger partial charge in [0.2, 0.25) is 0 Å². The van der Waals surface area contributed by atoms with E-state index in [1.165, 1.54) is 18.2 Å². The lowest BCUT2D eigenvalue weighted by Gasteiger charge is -2.36. The molecule has 4 heteroatoms. The molecule has 1 saturated carbocycles. The molecular formula is C13H11FO3. The van der Waals surface area contributed by atoms with Gasteiger partial charge in [-0.25, -0.2) is 9.18 Å². The van der Waals surface area contributed by atoms with Crippen molar-refractivity contribution in [2.45, 2.75) is 24.9 Å². The van der Waals surface area contributed by atoms with Crippen LogP contribution in [0.1, 0.15) is 24.8 Å². The monoisotopic (exact) mass is 234 g/mol. The number of aliphatic hydroxyl groups is 1. The minimum absolute atomic E-state index is 0.0423. The molecule has 0 unspecified atom stereocenters. The second-order valence-corrected chi connectivity index (χ2v) is 4.47. The van der Waals surface area contributed by atoms with Crippen LogP contribution in [0.5, 0.6) is 0 Å². The summed E-state index contributed by atoms with van der Waals surface area (Å²) in [6.07, 6.45) is 2.21. The van der Waals surface area contributed by atoms with E-state index in [1.54, 1.807) is 6.07 Å². The van der Waals surface area contributed by atoms with Crippen LogP contribution in [0.4, 0.5) is 4.39 Å². The van der Waals surface area contributed by atoms with Gasteiger partial charge in [-0.05, 0) is 37.0 Å². The van der Waals surface area contributed by atoms with Gasteiger partial charge in [0.25, 0.3) is 0 Å². The van der Waals surface area contributed by atoms with Crippen LogP contribution >= 0.6 is 0 Å². The van der Waals surface area contributed by atoms with Crippen LogP contribution in [0.15, 0.2) is 30.0 Å². The minimum Gasteiger partial charge on any atom is -0.507 e.